The number of halogens is 2. The van der Waals surface area contributed by atoms with Gasteiger partial charge in [0.25, 0.3) is 0 Å². The van der Waals surface area contributed by atoms with Gasteiger partial charge in [-0.05, 0) is 23.8 Å². The third-order valence-corrected chi connectivity index (χ3v) is 3.55. The average molecular weight is 322 g/mol. The normalized spacial score (nSPS) is 11.1. The average Bonchev–Trinajstić information content (AvgIpc) is 2.79. The summed E-state index contributed by atoms with van der Waals surface area (Å²) in [5, 5.41) is 0. The maximum Gasteiger partial charge on any atom is 0.165 e. The van der Waals surface area contributed by atoms with E-state index in [0.29, 0.717) is 23.5 Å². The Kier molecular flexibility index (Phi) is 2.90. The molecule has 0 unspecified atom stereocenters. The Balaban J connectivity index is 2.06. The molecule has 0 aliphatic heterocycles. The standard InChI is InChI=1S/C12H9BrFN5/c13-9-2-1-8(14)3-7(9)4-19-6-18-10-11(15)16-5-17-12(10)19/h1-3,5-6H,4H2,(H2,15,16,17). The molecule has 0 bridgehead atoms. The monoisotopic (exact) mass is 321 g/mol. The van der Waals surface area contributed by atoms with Gasteiger partial charge in [0, 0.05) is 4.47 Å². The first-order valence-corrected chi connectivity index (χ1v) is 6.29. The number of imidazole rings is 1. The minimum absolute atomic E-state index is 0.281. The minimum atomic E-state index is -0.281. The van der Waals surface area contributed by atoms with Crippen LogP contribution in [0.2, 0.25) is 0 Å². The second kappa shape index (κ2) is 4.58. The van der Waals surface area contributed by atoms with Crippen molar-refractivity contribution in [2.45, 2.75) is 6.54 Å². The molecule has 0 aliphatic carbocycles. The molecule has 0 atom stereocenters. The summed E-state index contributed by atoms with van der Waals surface area (Å²) < 4.78 is 15.9. The van der Waals surface area contributed by atoms with Crippen molar-refractivity contribution >= 4 is 32.9 Å². The van der Waals surface area contributed by atoms with Crippen molar-refractivity contribution in [2.24, 2.45) is 0 Å². The lowest BCUT2D eigenvalue weighted by Crippen LogP contribution is -2.01. The molecule has 2 aromatic heterocycles. The van der Waals surface area contributed by atoms with E-state index < -0.39 is 0 Å². The molecule has 0 fully saturated rings. The zero-order valence-corrected chi connectivity index (χ0v) is 11.3. The highest BCUT2D eigenvalue weighted by atomic mass is 79.9. The van der Waals surface area contributed by atoms with Gasteiger partial charge < -0.3 is 10.3 Å². The van der Waals surface area contributed by atoms with Crippen LogP contribution in [0.5, 0.6) is 0 Å². The maximum atomic E-state index is 13.3. The minimum Gasteiger partial charge on any atom is -0.382 e. The third kappa shape index (κ3) is 2.17. The van der Waals surface area contributed by atoms with Crippen molar-refractivity contribution in [1.82, 2.24) is 19.5 Å². The summed E-state index contributed by atoms with van der Waals surface area (Å²) in [5.41, 5.74) is 7.70. The zero-order chi connectivity index (χ0) is 13.4. The Hall–Kier alpha value is -2.02. The van der Waals surface area contributed by atoms with E-state index in [1.165, 1.54) is 18.5 Å². The van der Waals surface area contributed by atoms with Gasteiger partial charge in [-0.15, -0.1) is 0 Å². The number of nitrogen functional groups attached to an aromatic ring is 1. The first-order valence-electron chi connectivity index (χ1n) is 5.50. The number of aromatic nitrogens is 4. The molecule has 1 aromatic carbocycles. The molecule has 3 rings (SSSR count). The van der Waals surface area contributed by atoms with E-state index in [4.69, 9.17) is 5.73 Å². The molecule has 3 aromatic rings. The molecule has 2 heterocycles. The molecule has 0 saturated carbocycles. The molecule has 0 saturated heterocycles. The SMILES string of the molecule is Nc1ncnc2c1ncn2Cc1cc(F)ccc1Br. The molecule has 0 radical (unpaired) electrons. The van der Waals surface area contributed by atoms with Gasteiger partial charge in [0.15, 0.2) is 11.5 Å². The highest BCUT2D eigenvalue weighted by molar-refractivity contribution is 9.10. The number of rotatable bonds is 2. The van der Waals surface area contributed by atoms with E-state index in [1.807, 2.05) is 0 Å². The Bertz CT molecular complexity index is 755. The Labute approximate surface area is 116 Å². The fourth-order valence-corrected chi connectivity index (χ4v) is 2.23. The van der Waals surface area contributed by atoms with Crippen molar-refractivity contribution in [2.75, 3.05) is 5.73 Å². The third-order valence-electron chi connectivity index (χ3n) is 2.78. The molecule has 0 spiro atoms. The van der Waals surface area contributed by atoms with Crippen molar-refractivity contribution < 1.29 is 4.39 Å². The number of anilines is 1. The molecule has 96 valence electrons. The maximum absolute atomic E-state index is 13.3. The quantitative estimate of drug-likeness (QED) is 0.786. The van der Waals surface area contributed by atoms with E-state index in [0.717, 1.165) is 10.0 Å². The molecule has 7 heteroatoms. The Morgan fingerprint density at radius 3 is 2.95 bits per heavy atom. The first kappa shape index (κ1) is 12.0. The molecular formula is C12H9BrFN5. The predicted molar refractivity (Wildman–Crippen MR) is 72.9 cm³/mol. The van der Waals surface area contributed by atoms with Crippen LogP contribution in [0.4, 0.5) is 10.2 Å². The molecule has 19 heavy (non-hydrogen) atoms. The van der Waals surface area contributed by atoms with Crippen LogP contribution >= 0.6 is 15.9 Å². The van der Waals surface area contributed by atoms with Crippen LogP contribution in [0.3, 0.4) is 0 Å². The van der Waals surface area contributed by atoms with Gasteiger partial charge in [0.2, 0.25) is 0 Å². The predicted octanol–water partition coefficient (Wildman–Crippen LogP) is 2.36. The highest BCUT2D eigenvalue weighted by Gasteiger charge is 2.09. The van der Waals surface area contributed by atoms with E-state index in [2.05, 4.69) is 30.9 Å². The van der Waals surface area contributed by atoms with Crippen LogP contribution in [0.25, 0.3) is 11.2 Å². The second-order valence-corrected chi connectivity index (χ2v) is 4.89. The van der Waals surface area contributed by atoms with Crippen LogP contribution in [0.1, 0.15) is 5.56 Å². The lowest BCUT2D eigenvalue weighted by Gasteiger charge is -2.06. The van der Waals surface area contributed by atoms with E-state index >= 15 is 0 Å². The summed E-state index contributed by atoms with van der Waals surface area (Å²) in [6, 6.07) is 4.55. The van der Waals surface area contributed by atoms with Gasteiger partial charge in [-0.2, -0.15) is 0 Å². The number of nitrogens with zero attached hydrogens (tertiary/aromatic N) is 4. The van der Waals surface area contributed by atoms with Crippen LogP contribution < -0.4 is 5.73 Å². The summed E-state index contributed by atoms with van der Waals surface area (Å²) >= 11 is 3.40. The van der Waals surface area contributed by atoms with Crippen molar-refractivity contribution in [1.29, 1.82) is 0 Å². The van der Waals surface area contributed by atoms with Gasteiger partial charge >= 0.3 is 0 Å². The van der Waals surface area contributed by atoms with Crippen LogP contribution in [-0.4, -0.2) is 19.5 Å². The highest BCUT2D eigenvalue weighted by Crippen LogP contribution is 2.21. The largest absolute Gasteiger partial charge is 0.382 e. The number of benzene rings is 1. The summed E-state index contributed by atoms with van der Waals surface area (Å²) in [6.45, 7) is 0.450. The number of nitrogens with two attached hydrogens (primary N) is 1. The number of hydrogen-bond donors (Lipinski definition) is 1. The Morgan fingerprint density at radius 2 is 2.11 bits per heavy atom. The van der Waals surface area contributed by atoms with Gasteiger partial charge in [0.05, 0.1) is 12.9 Å². The first-order chi connectivity index (χ1) is 9.15. The molecule has 5 nitrogen and oxygen atoms in total. The topological polar surface area (TPSA) is 69.6 Å². The lowest BCUT2D eigenvalue weighted by atomic mass is 10.2. The van der Waals surface area contributed by atoms with Crippen LogP contribution in [0.15, 0.2) is 35.3 Å². The lowest BCUT2D eigenvalue weighted by molar-refractivity contribution is 0.623. The smallest absolute Gasteiger partial charge is 0.165 e. The summed E-state index contributed by atoms with van der Waals surface area (Å²) in [4.78, 5) is 12.2. The van der Waals surface area contributed by atoms with E-state index in [1.54, 1.807) is 17.0 Å². The van der Waals surface area contributed by atoms with Crippen molar-refractivity contribution in [3.05, 3.63) is 46.7 Å². The number of hydrogen-bond acceptors (Lipinski definition) is 4. The van der Waals surface area contributed by atoms with E-state index in [-0.39, 0.29) is 5.82 Å². The van der Waals surface area contributed by atoms with Crippen molar-refractivity contribution in [3.63, 3.8) is 0 Å². The fourth-order valence-electron chi connectivity index (χ4n) is 1.86. The summed E-state index contributed by atoms with van der Waals surface area (Å²) in [6.07, 6.45) is 3.00. The Morgan fingerprint density at radius 1 is 1.26 bits per heavy atom. The van der Waals surface area contributed by atoms with Gasteiger partial charge in [-0.3, -0.25) is 0 Å². The zero-order valence-electron chi connectivity index (χ0n) is 9.72. The summed E-state index contributed by atoms with van der Waals surface area (Å²) in [7, 11) is 0. The molecular weight excluding hydrogens is 313 g/mol. The van der Waals surface area contributed by atoms with Crippen LogP contribution in [-0.2, 0) is 6.54 Å². The van der Waals surface area contributed by atoms with Gasteiger partial charge in [-0.25, -0.2) is 19.3 Å². The second-order valence-electron chi connectivity index (χ2n) is 4.04. The molecule has 2 N–H and O–H groups in total. The van der Waals surface area contributed by atoms with E-state index in [9.17, 15) is 4.39 Å². The van der Waals surface area contributed by atoms with Crippen molar-refractivity contribution in [3.8, 4) is 0 Å². The fraction of sp³-hybridized carbons (Fsp3) is 0.0833. The molecule has 0 aliphatic rings. The van der Waals surface area contributed by atoms with Gasteiger partial charge in [0.1, 0.15) is 17.7 Å². The summed E-state index contributed by atoms with van der Waals surface area (Å²) in [5.74, 6) is 0.0545. The number of fused-ring (bicyclic) bond motifs is 1. The van der Waals surface area contributed by atoms with Gasteiger partial charge in [-0.1, -0.05) is 15.9 Å². The van der Waals surface area contributed by atoms with Crippen LogP contribution in [0, 0.1) is 5.82 Å². The molecule has 0 amide bonds.